The third-order valence-electron chi connectivity index (χ3n) is 2.77. The molecular weight excluding hydrogens is 272 g/mol. The van der Waals surface area contributed by atoms with Gasteiger partial charge in [0.1, 0.15) is 5.58 Å². The molecule has 0 saturated heterocycles. The minimum atomic E-state index is -1.03. The van der Waals surface area contributed by atoms with Crippen molar-refractivity contribution >= 4 is 32.9 Å². The van der Waals surface area contributed by atoms with Gasteiger partial charge in [0.15, 0.2) is 0 Å². The smallest absolute Gasteiger partial charge is 0.372 e. The van der Waals surface area contributed by atoms with Crippen LogP contribution in [0.25, 0.3) is 11.0 Å². The number of halogens is 1. The zero-order valence-electron chi connectivity index (χ0n) is 9.22. The van der Waals surface area contributed by atoms with Crippen molar-refractivity contribution in [3.63, 3.8) is 0 Å². The summed E-state index contributed by atoms with van der Waals surface area (Å²) >= 11 is 3.49. The molecule has 3 nitrogen and oxygen atoms in total. The summed E-state index contributed by atoms with van der Waals surface area (Å²) in [6.07, 6.45) is 0. The molecule has 2 aromatic rings. The molecule has 1 aromatic carbocycles. The molecule has 16 heavy (non-hydrogen) atoms. The van der Waals surface area contributed by atoms with Crippen LogP contribution in [0.1, 0.15) is 27.2 Å². The van der Waals surface area contributed by atoms with E-state index in [-0.39, 0.29) is 5.76 Å². The van der Waals surface area contributed by atoms with Gasteiger partial charge >= 0.3 is 5.97 Å². The number of aryl methyl sites for hydroxylation is 3. The third kappa shape index (κ3) is 1.45. The SMILES string of the molecule is Cc1cc2oc(C(=O)O)c(C)c2c(C)c1Br. The van der Waals surface area contributed by atoms with Crippen molar-refractivity contribution in [1.29, 1.82) is 0 Å². The molecule has 0 radical (unpaired) electrons. The zero-order chi connectivity index (χ0) is 12.0. The predicted octanol–water partition coefficient (Wildman–Crippen LogP) is 3.82. The second-order valence-corrected chi connectivity index (χ2v) is 4.66. The molecule has 0 spiro atoms. The Morgan fingerprint density at radius 1 is 1.31 bits per heavy atom. The molecule has 0 saturated carbocycles. The van der Waals surface area contributed by atoms with E-state index >= 15 is 0 Å². The van der Waals surface area contributed by atoms with Gasteiger partial charge in [-0.1, -0.05) is 15.9 Å². The lowest BCUT2D eigenvalue weighted by molar-refractivity contribution is 0.0664. The van der Waals surface area contributed by atoms with E-state index in [1.807, 2.05) is 19.9 Å². The summed E-state index contributed by atoms with van der Waals surface area (Å²) in [6, 6.07) is 1.85. The molecule has 84 valence electrons. The Hall–Kier alpha value is -1.29. The first-order valence-corrected chi connectivity index (χ1v) is 5.65. The first-order valence-electron chi connectivity index (χ1n) is 4.85. The van der Waals surface area contributed by atoms with Gasteiger partial charge in [-0.05, 0) is 38.0 Å². The first kappa shape index (κ1) is 11.2. The predicted molar refractivity (Wildman–Crippen MR) is 65.1 cm³/mol. The topological polar surface area (TPSA) is 50.4 Å². The monoisotopic (exact) mass is 282 g/mol. The average Bonchev–Trinajstić information content (AvgIpc) is 2.52. The van der Waals surface area contributed by atoms with Crippen LogP contribution in [0, 0.1) is 20.8 Å². The standard InChI is InChI=1S/C12H11BrO3/c1-5-4-8-9(6(2)10(5)13)7(3)11(16-8)12(14)15/h4H,1-3H3,(H,14,15). The quantitative estimate of drug-likeness (QED) is 0.865. The molecule has 0 unspecified atom stereocenters. The van der Waals surface area contributed by atoms with E-state index in [0.717, 1.165) is 21.0 Å². The number of furan rings is 1. The highest BCUT2D eigenvalue weighted by molar-refractivity contribution is 9.10. The Balaban J connectivity index is 2.93. The molecule has 1 aromatic heterocycles. The van der Waals surface area contributed by atoms with E-state index in [9.17, 15) is 4.79 Å². The normalized spacial score (nSPS) is 11.0. The maximum Gasteiger partial charge on any atom is 0.372 e. The molecular formula is C12H11BrO3. The molecule has 0 fully saturated rings. The number of hydrogen-bond donors (Lipinski definition) is 1. The Bertz CT molecular complexity index is 596. The Labute approximate surface area is 101 Å². The van der Waals surface area contributed by atoms with Gasteiger partial charge in [0.25, 0.3) is 0 Å². The van der Waals surface area contributed by atoms with Crippen molar-refractivity contribution in [1.82, 2.24) is 0 Å². The fourth-order valence-electron chi connectivity index (χ4n) is 1.97. The fourth-order valence-corrected chi connectivity index (χ4v) is 2.29. The minimum absolute atomic E-state index is 0.0237. The number of carboxylic acid groups (broad SMARTS) is 1. The van der Waals surface area contributed by atoms with Crippen molar-refractivity contribution < 1.29 is 14.3 Å². The molecule has 0 aliphatic carbocycles. The Morgan fingerprint density at radius 3 is 2.50 bits per heavy atom. The third-order valence-corrected chi connectivity index (χ3v) is 3.99. The summed E-state index contributed by atoms with van der Waals surface area (Å²) < 4.78 is 6.36. The lowest BCUT2D eigenvalue weighted by atomic mass is 10.0. The number of rotatable bonds is 1. The largest absolute Gasteiger partial charge is 0.475 e. The summed E-state index contributed by atoms with van der Waals surface area (Å²) in [5.41, 5.74) is 3.37. The average molecular weight is 283 g/mol. The molecule has 2 rings (SSSR count). The van der Waals surface area contributed by atoms with Gasteiger partial charge in [0.2, 0.25) is 5.76 Å². The molecule has 0 amide bonds. The van der Waals surface area contributed by atoms with E-state index in [1.54, 1.807) is 6.92 Å². The van der Waals surface area contributed by atoms with Crippen LogP contribution in [-0.2, 0) is 0 Å². The van der Waals surface area contributed by atoms with Gasteiger partial charge in [-0.25, -0.2) is 4.79 Å². The molecule has 0 atom stereocenters. The lowest BCUT2D eigenvalue weighted by Crippen LogP contribution is -1.95. The van der Waals surface area contributed by atoms with E-state index in [2.05, 4.69) is 15.9 Å². The van der Waals surface area contributed by atoms with Crippen molar-refractivity contribution in [2.24, 2.45) is 0 Å². The van der Waals surface area contributed by atoms with Gasteiger partial charge < -0.3 is 9.52 Å². The number of carboxylic acids is 1. The van der Waals surface area contributed by atoms with Crippen LogP contribution in [0.5, 0.6) is 0 Å². The highest BCUT2D eigenvalue weighted by atomic mass is 79.9. The maximum atomic E-state index is 11.0. The van der Waals surface area contributed by atoms with Crippen LogP contribution in [-0.4, -0.2) is 11.1 Å². The molecule has 1 heterocycles. The summed E-state index contributed by atoms with van der Waals surface area (Å²) in [5.74, 6) is -1.00. The summed E-state index contributed by atoms with van der Waals surface area (Å²) in [6.45, 7) is 5.67. The first-order chi connectivity index (χ1) is 7.43. The van der Waals surface area contributed by atoms with Crippen LogP contribution in [0.15, 0.2) is 15.0 Å². The van der Waals surface area contributed by atoms with E-state index in [1.165, 1.54) is 0 Å². The number of hydrogen-bond acceptors (Lipinski definition) is 2. The molecule has 0 bridgehead atoms. The van der Waals surface area contributed by atoms with Crippen LogP contribution in [0.3, 0.4) is 0 Å². The second kappa shape index (κ2) is 3.63. The van der Waals surface area contributed by atoms with Crippen LogP contribution >= 0.6 is 15.9 Å². The number of fused-ring (bicyclic) bond motifs is 1. The summed E-state index contributed by atoms with van der Waals surface area (Å²) in [7, 11) is 0. The van der Waals surface area contributed by atoms with E-state index < -0.39 is 5.97 Å². The zero-order valence-corrected chi connectivity index (χ0v) is 10.8. The highest BCUT2D eigenvalue weighted by Crippen LogP contribution is 2.34. The molecule has 1 N–H and O–H groups in total. The van der Waals surface area contributed by atoms with Crippen LogP contribution < -0.4 is 0 Å². The molecule has 0 aliphatic heterocycles. The second-order valence-electron chi connectivity index (χ2n) is 3.87. The van der Waals surface area contributed by atoms with Crippen molar-refractivity contribution in [3.05, 3.63) is 33.0 Å². The Kier molecular flexibility index (Phi) is 2.54. The van der Waals surface area contributed by atoms with Crippen LogP contribution in [0.2, 0.25) is 0 Å². The van der Waals surface area contributed by atoms with Crippen molar-refractivity contribution in [2.45, 2.75) is 20.8 Å². The van der Waals surface area contributed by atoms with Gasteiger partial charge in [-0.3, -0.25) is 0 Å². The van der Waals surface area contributed by atoms with Gasteiger partial charge in [0.05, 0.1) is 0 Å². The number of aromatic carboxylic acids is 1. The molecule has 4 heteroatoms. The van der Waals surface area contributed by atoms with Gasteiger partial charge in [-0.2, -0.15) is 0 Å². The minimum Gasteiger partial charge on any atom is -0.475 e. The van der Waals surface area contributed by atoms with E-state index in [0.29, 0.717) is 11.1 Å². The van der Waals surface area contributed by atoms with Gasteiger partial charge in [-0.15, -0.1) is 0 Å². The summed E-state index contributed by atoms with van der Waals surface area (Å²) in [4.78, 5) is 11.0. The summed E-state index contributed by atoms with van der Waals surface area (Å²) in [5, 5.41) is 9.87. The van der Waals surface area contributed by atoms with E-state index in [4.69, 9.17) is 9.52 Å². The molecule has 0 aliphatic rings. The van der Waals surface area contributed by atoms with Crippen LogP contribution in [0.4, 0.5) is 0 Å². The van der Waals surface area contributed by atoms with Crippen molar-refractivity contribution in [2.75, 3.05) is 0 Å². The number of carbonyl (C=O) groups is 1. The van der Waals surface area contributed by atoms with Gasteiger partial charge in [0, 0.05) is 15.4 Å². The fraction of sp³-hybridized carbons (Fsp3) is 0.250. The van der Waals surface area contributed by atoms with Crippen molar-refractivity contribution in [3.8, 4) is 0 Å². The number of benzene rings is 1. The lowest BCUT2D eigenvalue weighted by Gasteiger charge is -2.03. The maximum absolute atomic E-state index is 11.0. The Morgan fingerprint density at radius 2 is 1.94 bits per heavy atom. The highest BCUT2D eigenvalue weighted by Gasteiger charge is 2.19.